The Labute approximate surface area is 101 Å². The summed E-state index contributed by atoms with van der Waals surface area (Å²) in [6, 6.07) is 0. The normalized spacial score (nSPS) is 19.4. The summed E-state index contributed by atoms with van der Waals surface area (Å²) in [6.45, 7) is 1.52. The van der Waals surface area contributed by atoms with Gasteiger partial charge in [0, 0.05) is 31.4 Å². The van der Waals surface area contributed by atoms with Crippen LogP contribution in [0.5, 0.6) is 0 Å². The molecule has 0 amide bonds. The van der Waals surface area contributed by atoms with Gasteiger partial charge in [0.25, 0.3) is 0 Å². The van der Waals surface area contributed by atoms with Crippen LogP contribution in [0.25, 0.3) is 0 Å². The van der Waals surface area contributed by atoms with Crippen molar-refractivity contribution in [1.82, 2.24) is 14.5 Å². The minimum Gasteiger partial charge on any atom is -0.481 e. The van der Waals surface area contributed by atoms with Gasteiger partial charge in [-0.1, -0.05) is 0 Å². The van der Waals surface area contributed by atoms with E-state index in [0.717, 1.165) is 31.6 Å². The largest absolute Gasteiger partial charge is 0.481 e. The number of carbonyl (C=O) groups is 1. The number of aliphatic carboxylic acids is 1. The molecule has 0 fully saturated rings. The molecule has 1 N–H and O–H groups in total. The van der Waals surface area contributed by atoms with Crippen LogP contribution >= 0.6 is 0 Å². The highest BCUT2D eigenvalue weighted by Crippen LogP contribution is 2.22. The number of fused-ring (bicyclic) bond motifs is 1. The highest BCUT2D eigenvalue weighted by Gasteiger charge is 2.25. The predicted molar refractivity (Wildman–Crippen MR) is 63.9 cm³/mol. The van der Waals surface area contributed by atoms with Gasteiger partial charge in [0.15, 0.2) is 0 Å². The minimum absolute atomic E-state index is 0.255. The SMILES string of the molecule is CN(C)CCc1ncc2n1CC(C(=O)O)CC2. The number of hydrogen-bond acceptors (Lipinski definition) is 3. The third-order valence-electron chi connectivity index (χ3n) is 3.30. The molecule has 2 rings (SSSR count). The van der Waals surface area contributed by atoms with Crippen LogP contribution in [0.3, 0.4) is 0 Å². The fourth-order valence-electron chi connectivity index (χ4n) is 2.23. The van der Waals surface area contributed by atoms with Gasteiger partial charge >= 0.3 is 5.97 Å². The molecule has 0 spiro atoms. The summed E-state index contributed by atoms with van der Waals surface area (Å²) in [5.41, 5.74) is 1.18. The Kier molecular flexibility index (Phi) is 3.47. The van der Waals surface area contributed by atoms with Gasteiger partial charge in [0.1, 0.15) is 5.82 Å². The molecule has 1 aliphatic rings. The standard InChI is InChI=1S/C12H19N3O2/c1-14(2)6-5-11-13-7-10-4-3-9(12(16)17)8-15(10)11/h7,9H,3-6,8H2,1-2H3,(H,16,17). The fraction of sp³-hybridized carbons (Fsp3) is 0.667. The number of hydrogen-bond donors (Lipinski definition) is 1. The Morgan fingerprint density at radius 1 is 1.65 bits per heavy atom. The average Bonchev–Trinajstić information content (AvgIpc) is 2.68. The van der Waals surface area contributed by atoms with E-state index in [9.17, 15) is 4.79 Å². The average molecular weight is 237 g/mol. The molecule has 1 atom stereocenters. The zero-order chi connectivity index (χ0) is 12.4. The number of imidazole rings is 1. The van der Waals surface area contributed by atoms with Crippen LogP contribution < -0.4 is 0 Å². The Bertz CT molecular complexity index is 412. The summed E-state index contributed by atoms with van der Waals surface area (Å²) in [4.78, 5) is 17.5. The van der Waals surface area contributed by atoms with Gasteiger partial charge in [-0.2, -0.15) is 0 Å². The van der Waals surface area contributed by atoms with Crippen molar-refractivity contribution in [3.63, 3.8) is 0 Å². The minimum atomic E-state index is -0.692. The first kappa shape index (κ1) is 12.1. The second-order valence-corrected chi connectivity index (χ2v) is 4.90. The zero-order valence-electron chi connectivity index (χ0n) is 10.4. The first-order chi connectivity index (χ1) is 8.08. The molecule has 0 saturated heterocycles. The molecule has 0 saturated carbocycles. The molecule has 0 aliphatic carbocycles. The first-order valence-electron chi connectivity index (χ1n) is 5.98. The maximum atomic E-state index is 11.0. The molecule has 1 aromatic heterocycles. The molecular formula is C12H19N3O2. The van der Waals surface area contributed by atoms with E-state index in [0.29, 0.717) is 6.54 Å². The molecule has 0 radical (unpaired) electrons. The molecule has 1 aromatic rings. The molecule has 0 aromatic carbocycles. The van der Waals surface area contributed by atoms with Gasteiger partial charge in [-0.05, 0) is 26.9 Å². The van der Waals surface area contributed by atoms with Crippen molar-refractivity contribution in [2.24, 2.45) is 5.92 Å². The summed E-state index contributed by atoms with van der Waals surface area (Å²) in [5.74, 6) is 0.0670. The highest BCUT2D eigenvalue weighted by atomic mass is 16.4. The quantitative estimate of drug-likeness (QED) is 0.834. The summed E-state index contributed by atoms with van der Waals surface area (Å²) in [6.07, 6.45) is 4.32. The van der Waals surface area contributed by atoms with E-state index in [1.165, 1.54) is 5.69 Å². The number of nitrogens with zero attached hydrogens (tertiary/aromatic N) is 3. The smallest absolute Gasteiger partial charge is 0.308 e. The molecule has 2 heterocycles. The van der Waals surface area contributed by atoms with E-state index in [-0.39, 0.29) is 5.92 Å². The van der Waals surface area contributed by atoms with E-state index in [1.54, 1.807) is 0 Å². The second kappa shape index (κ2) is 4.87. The number of aromatic nitrogens is 2. The van der Waals surface area contributed by atoms with Crippen LogP contribution in [-0.4, -0.2) is 46.2 Å². The van der Waals surface area contributed by atoms with Gasteiger partial charge in [0.05, 0.1) is 5.92 Å². The third-order valence-corrected chi connectivity index (χ3v) is 3.30. The van der Waals surface area contributed by atoms with E-state index < -0.39 is 5.97 Å². The zero-order valence-corrected chi connectivity index (χ0v) is 10.4. The molecule has 1 aliphatic heterocycles. The number of carboxylic acids is 1. The Morgan fingerprint density at radius 2 is 2.41 bits per heavy atom. The molecular weight excluding hydrogens is 218 g/mol. The van der Waals surface area contributed by atoms with Crippen molar-refractivity contribution in [3.8, 4) is 0 Å². The lowest BCUT2D eigenvalue weighted by Crippen LogP contribution is -2.28. The molecule has 5 heteroatoms. The van der Waals surface area contributed by atoms with Crippen molar-refractivity contribution in [1.29, 1.82) is 0 Å². The van der Waals surface area contributed by atoms with E-state index in [4.69, 9.17) is 5.11 Å². The van der Waals surface area contributed by atoms with Crippen LogP contribution in [-0.2, 0) is 24.2 Å². The topological polar surface area (TPSA) is 58.4 Å². The van der Waals surface area contributed by atoms with Gasteiger partial charge in [0.2, 0.25) is 0 Å². The molecule has 1 unspecified atom stereocenters. The van der Waals surface area contributed by atoms with Crippen molar-refractivity contribution >= 4 is 5.97 Å². The van der Waals surface area contributed by atoms with Gasteiger partial charge in [-0.3, -0.25) is 4.79 Å². The van der Waals surface area contributed by atoms with E-state index in [2.05, 4.69) is 14.5 Å². The lowest BCUT2D eigenvalue weighted by atomic mass is 9.98. The van der Waals surface area contributed by atoms with Crippen LogP contribution in [0, 0.1) is 5.92 Å². The molecule has 0 bridgehead atoms. The lowest BCUT2D eigenvalue weighted by Gasteiger charge is -2.22. The van der Waals surface area contributed by atoms with Crippen LogP contribution in [0.4, 0.5) is 0 Å². The van der Waals surface area contributed by atoms with E-state index in [1.807, 2.05) is 20.3 Å². The summed E-state index contributed by atoms with van der Waals surface area (Å²) >= 11 is 0. The molecule has 94 valence electrons. The van der Waals surface area contributed by atoms with Gasteiger partial charge in [-0.15, -0.1) is 0 Å². The van der Waals surface area contributed by atoms with Crippen molar-refractivity contribution in [2.45, 2.75) is 25.8 Å². The van der Waals surface area contributed by atoms with Crippen molar-refractivity contribution in [2.75, 3.05) is 20.6 Å². The van der Waals surface area contributed by atoms with Crippen LogP contribution in [0.1, 0.15) is 17.9 Å². The Balaban J connectivity index is 2.11. The number of carboxylic acid groups (broad SMARTS) is 1. The Hall–Kier alpha value is -1.36. The van der Waals surface area contributed by atoms with Crippen molar-refractivity contribution < 1.29 is 9.90 Å². The summed E-state index contributed by atoms with van der Waals surface area (Å²) < 4.78 is 2.09. The summed E-state index contributed by atoms with van der Waals surface area (Å²) in [7, 11) is 4.06. The first-order valence-corrected chi connectivity index (χ1v) is 5.98. The van der Waals surface area contributed by atoms with Crippen molar-refractivity contribution in [3.05, 3.63) is 17.7 Å². The maximum Gasteiger partial charge on any atom is 0.308 e. The molecule has 17 heavy (non-hydrogen) atoms. The number of likely N-dealkylation sites (N-methyl/N-ethyl adjacent to an activating group) is 1. The summed E-state index contributed by atoms with van der Waals surface area (Å²) in [5, 5.41) is 9.07. The number of rotatable bonds is 4. The Morgan fingerprint density at radius 3 is 3.06 bits per heavy atom. The predicted octanol–water partition coefficient (Wildman–Crippen LogP) is 0.634. The fourth-order valence-corrected chi connectivity index (χ4v) is 2.23. The monoisotopic (exact) mass is 237 g/mol. The van der Waals surface area contributed by atoms with E-state index >= 15 is 0 Å². The van der Waals surface area contributed by atoms with Crippen LogP contribution in [0.2, 0.25) is 0 Å². The van der Waals surface area contributed by atoms with Gasteiger partial charge in [-0.25, -0.2) is 4.98 Å². The number of aryl methyl sites for hydroxylation is 1. The molecule has 5 nitrogen and oxygen atoms in total. The lowest BCUT2D eigenvalue weighted by molar-refractivity contribution is -0.142. The van der Waals surface area contributed by atoms with Crippen LogP contribution in [0.15, 0.2) is 6.20 Å². The van der Waals surface area contributed by atoms with Gasteiger partial charge < -0.3 is 14.6 Å². The third kappa shape index (κ3) is 2.66. The second-order valence-electron chi connectivity index (χ2n) is 4.90. The highest BCUT2D eigenvalue weighted by molar-refractivity contribution is 5.70. The maximum absolute atomic E-state index is 11.0.